The van der Waals surface area contributed by atoms with Gasteiger partial charge in [0.15, 0.2) is 0 Å². The molecule has 0 radical (unpaired) electrons. The molecule has 0 spiro atoms. The average molecular weight is 322 g/mol. The summed E-state index contributed by atoms with van der Waals surface area (Å²) in [6.45, 7) is 13.7. The molecule has 2 aromatic carbocycles. The van der Waals surface area contributed by atoms with Crippen LogP contribution in [0.15, 0.2) is 48.5 Å². The summed E-state index contributed by atoms with van der Waals surface area (Å²) < 4.78 is 0. The van der Waals surface area contributed by atoms with Crippen molar-refractivity contribution in [3.63, 3.8) is 0 Å². The van der Waals surface area contributed by atoms with Crippen molar-refractivity contribution in [2.24, 2.45) is 0 Å². The van der Waals surface area contributed by atoms with Crippen LogP contribution in [0, 0.1) is 0 Å². The summed E-state index contributed by atoms with van der Waals surface area (Å²) in [7, 11) is 0. The molecule has 0 bridgehead atoms. The first-order valence-corrected chi connectivity index (χ1v) is 9.11. The summed E-state index contributed by atoms with van der Waals surface area (Å²) in [4.78, 5) is 0. The van der Waals surface area contributed by atoms with Crippen molar-refractivity contribution in [1.29, 1.82) is 0 Å². The first-order valence-electron chi connectivity index (χ1n) is 9.11. The summed E-state index contributed by atoms with van der Waals surface area (Å²) in [6, 6.07) is 18.5. The van der Waals surface area contributed by atoms with Crippen molar-refractivity contribution in [3.8, 4) is 0 Å². The highest BCUT2D eigenvalue weighted by Gasteiger charge is 2.36. The minimum Gasteiger partial charge on any atom is -0.305 e. The molecular formula is C23H31N. The van der Waals surface area contributed by atoms with Crippen LogP contribution in [0.5, 0.6) is 0 Å². The van der Waals surface area contributed by atoms with Gasteiger partial charge in [0, 0.05) is 17.5 Å². The number of hydrogen-bond donors (Lipinski definition) is 1. The fourth-order valence-corrected chi connectivity index (χ4v) is 3.78. The van der Waals surface area contributed by atoms with E-state index in [2.05, 4.69) is 95.4 Å². The van der Waals surface area contributed by atoms with E-state index in [9.17, 15) is 0 Å². The monoisotopic (exact) mass is 321 g/mol. The van der Waals surface area contributed by atoms with Gasteiger partial charge in [0.25, 0.3) is 0 Å². The standard InChI is InChI=1S/C23H31N/c1-22(2,3)18-12-13-19-17(14-18)15-20(16-10-8-7-9-11-16)21(19)24-23(4,5)6/h7-14,20-21,24H,15H2,1-6H3/t20-,21+/m0/s1. The Morgan fingerprint density at radius 3 is 2.12 bits per heavy atom. The molecule has 0 aliphatic heterocycles. The van der Waals surface area contributed by atoms with E-state index in [1.54, 1.807) is 0 Å². The van der Waals surface area contributed by atoms with Crippen molar-refractivity contribution in [2.45, 2.75) is 70.9 Å². The van der Waals surface area contributed by atoms with Gasteiger partial charge >= 0.3 is 0 Å². The molecule has 0 saturated heterocycles. The van der Waals surface area contributed by atoms with Gasteiger partial charge in [-0.25, -0.2) is 0 Å². The number of benzene rings is 2. The lowest BCUT2D eigenvalue weighted by Gasteiger charge is -2.31. The molecule has 1 N–H and O–H groups in total. The third-order valence-corrected chi connectivity index (χ3v) is 5.00. The highest BCUT2D eigenvalue weighted by atomic mass is 15.0. The zero-order valence-electron chi connectivity index (χ0n) is 16.0. The quantitative estimate of drug-likeness (QED) is 0.742. The second-order valence-electron chi connectivity index (χ2n) is 9.26. The predicted molar refractivity (Wildman–Crippen MR) is 104 cm³/mol. The largest absolute Gasteiger partial charge is 0.305 e. The fraction of sp³-hybridized carbons (Fsp3) is 0.478. The summed E-state index contributed by atoms with van der Waals surface area (Å²) in [5.41, 5.74) is 6.16. The van der Waals surface area contributed by atoms with Crippen LogP contribution in [0.3, 0.4) is 0 Å². The molecule has 0 heterocycles. The first kappa shape index (κ1) is 17.2. The highest BCUT2D eigenvalue weighted by Crippen LogP contribution is 2.44. The number of hydrogen-bond acceptors (Lipinski definition) is 1. The van der Waals surface area contributed by atoms with Gasteiger partial charge in [0.2, 0.25) is 0 Å². The maximum atomic E-state index is 3.88. The minimum absolute atomic E-state index is 0.0992. The molecule has 0 unspecified atom stereocenters. The molecule has 1 heteroatoms. The summed E-state index contributed by atoms with van der Waals surface area (Å²) in [5.74, 6) is 0.510. The van der Waals surface area contributed by atoms with Gasteiger partial charge in [0.1, 0.15) is 0 Å². The summed E-state index contributed by atoms with van der Waals surface area (Å²) >= 11 is 0. The van der Waals surface area contributed by atoms with Gasteiger partial charge in [-0.15, -0.1) is 0 Å². The van der Waals surface area contributed by atoms with Crippen molar-refractivity contribution >= 4 is 0 Å². The minimum atomic E-state index is 0.0992. The molecule has 1 nitrogen and oxygen atoms in total. The lowest BCUT2D eigenvalue weighted by atomic mass is 9.85. The maximum Gasteiger partial charge on any atom is 0.0399 e. The van der Waals surface area contributed by atoms with Crippen LogP contribution in [-0.4, -0.2) is 5.54 Å². The molecule has 3 rings (SSSR count). The Kier molecular flexibility index (Phi) is 4.34. The molecule has 0 aromatic heterocycles. The van der Waals surface area contributed by atoms with Crippen LogP contribution < -0.4 is 5.32 Å². The van der Waals surface area contributed by atoms with Gasteiger partial charge in [-0.05, 0) is 54.9 Å². The van der Waals surface area contributed by atoms with E-state index in [1.807, 2.05) is 0 Å². The Morgan fingerprint density at radius 1 is 0.875 bits per heavy atom. The van der Waals surface area contributed by atoms with Gasteiger partial charge in [-0.3, -0.25) is 0 Å². The second kappa shape index (κ2) is 6.04. The number of fused-ring (bicyclic) bond motifs is 1. The third-order valence-electron chi connectivity index (χ3n) is 5.00. The van der Waals surface area contributed by atoms with E-state index in [-0.39, 0.29) is 11.0 Å². The molecule has 0 amide bonds. The zero-order valence-corrected chi connectivity index (χ0v) is 16.0. The summed E-state index contributed by atoms with van der Waals surface area (Å²) in [5, 5.41) is 3.88. The normalized spacial score (nSPS) is 20.9. The van der Waals surface area contributed by atoms with Crippen molar-refractivity contribution in [2.75, 3.05) is 0 Å². The average Bonchev–Trinajstić information content (AvgIpc) is 2.83. The van der Waals surface area contributed by atoms with Crippen molar-refractivity contribution in [3.05, 3.63) is 70.8 Å². The van der Waals surface area contributed by atoms with Gasteiger partial charge < -0.3 is 5.32 Å². The van der Waals surface area contributed by atoms with Crippen LogP contribution >= 0.6 is 0 Å². The number of nitrogens with one attached hydrogen (secondary N) is 1. The van der Waals surface area contributed by atoms with Crippen LogP contribution in [0.4, 0.5) is 0 Å². The second-order valence-corrected chi connectivity index (χ2v) is 9.26. The molecule has 1 aliphatic carbocycles. The van der Waals surface area contributed by atoms with E-state index in [1.165, 1.54) is 22.3 Å². The molecule has 0 fully saturated rings. The van der Waals surface area contributed by atoms with E-state index < -0.39 is 0 Å². The smallest absolute Gasteiger partial charge is 0.0399 e. The van der Waals surface area contributed by atoms with Crippen LogP contribution in [-0.2, 0) is 11.8 Å². The molecule has 2 aromatic rings. The Bertz CT molecular complexity index is 701. The summed E-state index contributed by atoms with van der Waals surface area (Å²) in [6.07, 6.45) is 1.12. The molecule has 0 saturated carbocycles. The number of rotatable bonds is 2. The molecule has 128 valence electrons. The first-order chi connectivity index (χ1) is 11.1. The predicted octanol–water partition coefficient (Wildman–Crippen LogP) is 5.75. The van der Waals surface area contributed by atoms with Crippen molar-refractivity contribution < 1.29 is 0 Å². The lowest BCUT2D eigenvalue weighted by molar-refractivity contribution is 0.340. The fourth-order valence-electron chi connectivity index (χ4n) is 3.78. The zero-order chi connectivity index (χ0) is 17.5. The van der Waals surface area contributed by atoms with Crippen molar-refractivity contribution in [1.82, 2.24) is 5.32 Å². The van der Waals surface area contributed by atoms with Crippen LogP contribution in [0.2, 0.25) is 0 Å². The van der Waals surface area contributed by atoms with Gasteiger partial charge in [-0.2, -0.15) is 0 Å². The van der Waals surface area contributed by atoms with Gasteiger partial charge in [-0.1, -0.05) is 69.3 Å². The van der Waals surface area contributed by atoms with Crippen LogP contribution in [0.25, 0.3) is 0 Å². The SMILES string of the molecule is CC(C)(C)N[C@@H]1c2ccc(C(C)(C)C)cc2C[C@H]1c1ccccc1. The Balaban J connectivity index is 2.02. The molecule has 24 heavy (non-hydrogen) atoms. The highest BCUT2D eigenvalue weighted by molar-refractivity contribution is 5.45. The van der Waals surface area contributed by atoms with Crippen LogP contribution in [0.1, 0.15) is 75.8 Å². The Labute approximate surface area is 147 Å². The topological polar surface area (TPSA) is 12.0 Å². The molecule has 2 atom stereocenters. The van der Waals surface area contributed by atoms with E-state index in [0.717, 1.165) is 6.42 Å². The Morgan fingerprint density at radius 2 is 1.54 bits per heavy atom. The van der Waals surface area contributed by atoms with E-state index in [4.69, 9.17) is 0 Å². The van der Waals surface area contributed by atoms with E-state index in [0.29, 0.717) is 12.0 Å². The van der Waals surface area contributed by atoms with E-state index >= 15 is 0 Å². The molecule has 1 aliphatic rings. The third kappa shape index (κ3) is 3.57. The Hall–Kier alpha value is -1.60. The van der Waals surface area contributed by atoms with Gasteiger partial charge in [0.05, 0.1) is 0 Å². The lowest BCUT2D eigenvalue weighted by Crippen LogP contribution is -2.40. The maximum absolute atomic E-state index is 3.88. The molecular weight excluding hydrogens is 290 g/mol.